The normalized spacial score (nSPS) is 25.4. The topological polar surface area (TPSA) is 55.7 Å². The van der Waals surface area contributed by atoms with Crippen molar-refractivity contribution in [3.63, 3.8) is 0 Å². The lowest BCUT2D eigenvalue weighted by molar-refractivity contribution is -0.143. The zero-order valence-corrected chi connectivity index (χ0v) is 15.4. The Bertz CT molecular complexity index is 707. The average Bonchev–Trinajstić information content (AvgIpc) is 2.94. The Kier molecular flexibility index (Phi) is 5.31. The van der Waals surface area contributed by atoms with E-state index in [1.807, 2.05) is 31.8 Å². The molecule has 0 bridgehead atoms. The quantitative estimate of drug-likeness (QED) is 0.811. The van der Waals surface area contributed by atoms with Gasteiger partial charge in [-0.3, -0.25) is 14.8 Å². The highest BCUT2D eigenvalue weighted by molar-refractivity contribution is 5.10. The van der Waals surface area contributed by atoms with Gasteiger partial charge in [0.15, 0.2) is 0 Å². The van der Waals surface area contributed by atoms with E-state index in [9.17, 15) is 0 Å². The van der Waals surface area contributed by atoms with Crippen molar-refractivity contribution >= 4 is 0 Å². The number of aromatic nitrogens is 3. The molecule has 1 spiro atoms. The Morgan fingerprint density at radius 3 is 2.58 bits per heavy atom. The first-order chi connectivity index (χ1) is 12.7. The standard InChI is InChI=1S/C19H27N5O2/c1-22-7-6-21-18(22)13-24-9-11-26-19(15-24)14-23(8-10-25-16-19)12-17-2-4-20-5-3-17/h2-7H,8-16H2,1H3. The first-order valence-corrected chi connectivity index (χ1v) is 9.24. The fourth-order valence-corrected chi connectivity index (χ4v) is 3.86. The van der Waals surface area contributed by atoms with Crippen LogP contribution >= 0.6 is 0 Å². The molecule has 4 rings (SSSR count). The number of hydrogen-bond acceptors (Lipinski definition) is 6. The first-order valence-electron chi connectivity index (χ1n) is 9.24. The predicted octanol–water partition coefficient (Wildman–Crippen LogP) is 0.919. The second-order valence-electron chi connectivity index (χ2n) is 7.32. The number of ether oxygens (including phenoxy) is 2. The van der Waals surface area contributed by atoms with E-state index in [2.05, 4.69) is 36.5 Å². The minimum absolute atomic E-state index is 0.271. The van der Waals surface area contributed by atoms with Crippen LogP contribution in [0.15, 0.2) is 36.9 Å². The molecule has 0 saturated carbocycles. The second-order valence-corrected chi connectivity index (χ2v) is 7.32. The van der Waals surface area contributed by atoms with Crippen molar-refractivity contribution in [3.8, 4) is 0 Å². The van der Waals surface area contributed by atoms with Crippen molar-refractivity contribution in [1.82, 2.24) is 24.3 Å². The SMILES string of the molecule is Cn1ccnc1CN1CCOC2(COCCN(Cc3ccncc3)C2)C1. The number of hydrogen-bond donors (Lipinski definition) is 0. The summed E-state index contributed by atoms with van der Waals surface area (Å²) in [6.45, 7) is 7.48. The van der Waals surface area contributed by atoms with Crippen LogP contribution in [-0.4, -0.2) is 75.9 Å². The number of morpholine rings is 1. The molecule has 0 amide bonds. The minimum Gasteiger partial charge on any atom is -0.377 e. The van der Waals surface area contributed by atoms with E-state index < -0.39 is 0 Å². The van der Waals surface area contributed by atoms with Crippen LogP contribution in [0.4, 0.5) is 0 Å². The maximum Gasteiger partial charge on any atom is 0.122 e. The molecule has 7 nitrogen and oxygen atoms in total. The van der Waals surface area contributed by atoms with Crippen molar-refractivity contribution < 1.29 is 9.47 Å². The summed E-state index contributed by atoms with van der Waals surface area (Å²) in [6, 6.07) is 4.15. The largest absolute Gasteiger partial charge is 0.377 e. The molecule has 26 heavy (non-hydrogen) atoms. The lowest BCUT2D eigenvalue weighted by atomic mass is 10.0. The summed E-state index contributed by atoms with van der Waals surface area (Å²) in [5.74, 6) is 1.09. The van der Waals surface area contributed by atoms with Gasteiger partial charge < -0.3 is 14.0 Å². The maximum atomic E-state index is 6.29. The summed E-state index contributed by atoms with van der Waals surface area (Å²) in [7, 11) is 2.05. The second kappa shape index (κ2) is 7.84. The van der Waals surface area contributed by atoms with Crippen molar-refractivity contribution in [3.05, 3.63) is 48.3 Å². The van der Waals surface area contributed by atoms with Gasteiger partial charge in [0.1, 0.15) is 11.4 Å². The first kappa shape index (κ1) is 17.6. The van der Waals surface area contributed by atoms with Crippen LogP contribution in [0.2, 0.25) is 0 Å². The number of aryl methyl sites for hydroxylation is 1. The Labute approximate surface area is 154 Å². The molecule has 1 unspecified atom stereocenters. The van der Waals surface area contributed by atoms with Gasteiger partial charge in [0, 0.05) is 64.6 Å². The van der Waals surface area contributed by atoms with Crippen LogP contribution in [0, 0.1) is 0 Å². The highest BCUT2D eigenvalue weighted by Gasteiger charge is 2.40. The van der Waals surface area contributed by atoms with Crippen molar-refractivity contribution in [2.75, 3.05) is 46.0 Å². The molecule has 0 N–H and O–H groups in total. The van der Waals surface area contributed by atoms with E-state index in [1.165, 1.54) is 5.56 Å². The van der Waals surface area contributed by atoms with Gasteiger partial charge in [0.2, 0.25) is 0 Å². The van der Waals surface area contributed by atoms with Crippen LogP contribution in [0.3, 0.4) is 0 Å². The summed E-state index contributed by atoms with van der Waals surface area (Å²) >= 11 is 0. The van der Waals surface area contributed by atoms with Gasteiger partial charge in [0.05, 0.1) is 26.4 Å². The van der Waals surface area contributed by atoms with E-state index in [0.717, 1.165) is 58.3 Å². The van der Waals surface area contributed by atoms with Gasteiger partial charge in [-0.05, 0) is 17.7 Å². The molecule has 7 heteroatoms. The summed E-state index contributed by atoms with van der Waals surface area (Å²) in [4.78, 5) is 13.4. The van der Waals surface area contributed by atoms with E-state index in [4.69, 9.17) is 9.47 Å². The summed E-state index contributed by atoms with van der Waals surface area (Å²) in [5, 5.41) is 0. The van der Waals surface area contributed by atoms with Crippen molar-refractivity contribution in [2.24, 2.45) is 7.05 Å². The zero-order valence-electron chi connectivity index (χ0n) is 15.4. The number of rotatable bonds is 4. The molecule has 2 fully saturated rings. The number of imidazole rings is 1. The van der Waals surface area contributed by atoms with Crippen molar-refractivity contribution in [1.29, 1.82) is 0 Å². The molecule has 0 radical (unpaired) electrons. The van der Waals surface area contributed by atoms with Crippen LogP contribution in [-0.2, 0) is 29.6 Å². The number of pyridine rings is 1. The monoisotopic (exact) mass is 357 g/mol. The third kappa shape index (κ3) is 4.12. The van der Waals surface area contributed by atoms with E-state index in [1.54, 1.807) is 0 Å². The Morgan fingerprint density at radius 1 is 1.04 bits per heavy atom. The molecule has 2 saturated heterocycles. The summed E-state index contributed by atoms with van der Waals surface area (Å²) in [6.07, 6.45) is 7.56. The minimum atomic E-state index is -0.271. The molecule has 2 aromatic heterocycles. The predicted molar refractivity (Wildman–Crippen MR) is 97.5 cm³/mol. The van der Waals surface area contributed by atoms with Gasteiger partial charge in [-0.2, -0.15) is 0 Å². The Hall–Kier alpha value is -1.80. The third-order valence-electron chi connectivity index (χ3n) is 5.20. The number of nitrogens with zero attached hydrogens (tertiary/aromatic N) is 5. The van der Waals surface area contributed by atoms with Gasteiger partial charge in [-0.25, -0.2) is 4.98 Å². The van der Waals surface area contributed by atoms with Crippen molar-refractivity contribution in [2.45, 2.75) is 18.7 Å². The molecule has 1 atom stereocenters. The summed E-state index contributed by atoms with van der Waals surface area (Å²) < 4.78 is 14.3. The molecule has 2 aromatic rings. The highest BCUT2D eigenvalue weighted by atomic mass is 16.5. The van der Waals surface area contributed by atoms with Crippen LogP contribution < -0.4 is 0 Å². The van der Waals surface area contributed by atoms with Gasteiger partial charge in [-0.15, -0.1) is 0 Å². The molecular formula is C19H27N5O2. The maximum absolute atomic E-state index is 6.29. The van der Waals surface area contributed by atoms with Gasteiger partial charge >= 0.3 is 0 Å². The van der Waals surface area contributed by atoms with Crippen LogP contribution in [0.1, 0.15) is 11.4 Å². The van der Waals surface area contributed by atoms with Crippen LogP contribution in [0.5, 0.6) is 0 Å². The molecule has 0 aliphatic carbocycles. The average molecular weight is 357 g/mol. The molecule has 4 heterocycles. The summed E-state index contributed by atoms with van der Waals surface area (Å²) in [5.41, 5.74) is 1.00. The third-order valence-corrected chi connectivity index (χ3v) is 5.20. The zero-order chi connectivity index (χ0) is 17.8. The van der Waals surface area contributed by atoms with E-state index in [0.29, 0.717) is 6.61 Å². The molecular weight excluding hydrogens is 330 g/mol. The highest BCUT2D eigenvalue weighted by Crippen LogP contribution is 2.24. The smallest absolute Gasteiger partial charge is 0.122 e. The lowest BCUT2D eigenvalue weighted by Crippen LogP contribution is -2.58. The van der Waals surface area contributed by atoms with Crippen LogP contribution in [0.25, 0.3) is 0 Å². The Balaban J connectivity index is 1.44. The fraction of sp³-hybridized carbons (Fsp3) is 0.579. The van der Waals surface area contributed by atoms with E-state index in [-0.39, 0.29) is 5.60 Å². The fourth-order valence-electron chi connectivity index (χ4n) is 3.86. The molecule has 2 aliphatic heterocycles. The van der Waals surface area contributed by atoms with Gasteiger partial charge in [-0.1, -0.05) is 0 Å². The Morgan fingerprint density at radius 2 is 1.81 bits per heavy atom. The lowest BCUT2D eigenvalue weighted by Gasteiger charge is -2.43. The molecule has 0 aromatic carbocycles. The van der Waals surface area contributed by atoms with Gasteiger partial charge in [0.25, 0.3) is 0 Å². The van der Waals surface area contributed by atoms with E-state index >= 15 is 0 Å². The molecule has 2 aliphatic rings. The molecule has 140 valence electrons.